The average molecular weight is 539 g/mol. The summed E-state index contributed by atoms with van der Waals surface area (Å²) in [5.74, 6) is -1.01. The van der Waals surface area contributed by atoms with Gasteiger partial charge in [0.05, 0.1) is 32.3 Å². The standard InChI is InChI=1S/C31H22O9/c1-36-24-16-22-25(29(38-3)28(24)37-2)21-14-13-20(15-23(21)40-31(22)35)39-30(34)19-11-9-18(10-12-19)27(33)26(32)17-7-5-4-6-8-17/h4-16H,1-3H3. The molecular weight excluding hydrogens is 516 g/mol. The number of esters is 1. The zero-order chi connectivity index (χ0) is 28.4. The highest BCUT2D eigenvalue weighted by atomic mass is 16.5. The molecule has 0 saturated carbocycles. The fourth-order valence-electron chi connectivity index (χ4n) is 4.37. The van der Waals surface area contributed by atoms with Crippen LogP contribution in [0.5, 0.6) is 23.0 Å². The van der Waals surface area contributed by atoms with E-state index in [9.17, 15) is 19.2 Å². The first-order valence-corrected chi connectivity index (χ1v) is 12.0. The number of carbonyl (C=O) groups is 3. The number of ether oxygens (including phenoxy) is 4. The van der Waals surface area contributed by atoms with Crippen LogP contribution in [0.25, 0.3) is 21.7 Å². The van der Waals surface area contributed by atoms with Crippen LogP contribution in [0.2, 0.25) is 0 Å². The number of ketones is 2. The molecule has 0 amide bonds. The van der Waals surface area contributed by atoms with Crippen LogP contribution in [0.15, 0.2) is 88.1 Å². The summed E-state index contributed by atoms with van der Waals surface area (Å²) in [6.07, 6.45) is 0. The van der Waals surface area contributed by atoms with E-state index in [-0.39, 0.29) is 33.4 Å². The van der Waals surface area contributed by atoms with Gasteiger partial charge in [-0.15, -0.1) is 0 Å². The smallest absolute Gasteiger partial charge is 0.344 e. The monoisotopic (exact) mass is 538 g/mol. The molecule has 1 heterocycles. The Morgan fingerprint density at radius 3 is 1.90 bits per heavy atom. The quantitative estimate of drug-likeness (QED) is 0.0651. The van der Waals surface area contributed by atoms with Gasteiger partial charge in [-0.3, -0.25) is 9.59 Å². The third-order valence-electron chi connectivity index (χ3n) is 6.31. The van der Waals surface area contributed by atoms with Crippen molar-refractivity contribution in [2.24, 2.45) is 0 Å². The second kappa shape index (κ2) is 10.7. The molecule has 5 rings (SSSR count). The summed E-state index contributed by atoms with van der Waals surface area (Å²) in [5.41, 5.74) is 0.0965. The van der Waals surface area contributed by atoms with Crippen LogP contribution in [0.4, 0.5) is 0 Å². The molecule has 0 spiro atoms. The highest BCUT2D eigenvalue weighted by molar-refractivity contribution is 6.49. The van der Waals surface area contributed by atoms with Gasteiger partial charge in [0.25, 0.3) is 0 Å². The maximum absolute atomic E-state index is 12.8. The number of hydrogen-bond acceptors (Lipinski definition) is 9. The number of Topliss-reactive ketones (excluding diaryl/α,β-unsaturated/α-hetero) is 2. The average Bonchev–Trinajstić information content (AvgIpc) is 2.99. The molecule has 0 bridgehead atoms. The van der Waals surface area contributed by atoms with Crippen LogP contribution in [-0.2, 0) is 0 Å². The van der Waals surface area contributed by atoms with Crippen LogP contribution in [-0.4, -0.2) is 38.9 Å². The van der Waals surface area contributed by atoms with Crippen molar-refractivity contribution in [2.75, 3.05) is 21.3 Å². The second-order valence-electron chi connectivity index (χ2n) is 8.61. The lowest BCUT2D eigenvalue weighted by Gasteiger charge is -2.15. The van der Waals surface area contributed by atoms with Gasteiger partial charge in [0.15, 0.2) is 11.5 Å². The molecule has 0 atom stereocenters. The summed E-state index contributed by atoms with van der Waals surface area (Å²) < 4.78 is 27.3. The van der Waals surface area contributed by atoms with Crippen LogP contribution < -0.4 is 24.6 Å². The lowest BCUT2D eigenvalue weighted by molar-refractivity contribution is 0.0734. The van der Waals surface area contributed by atoms with Crippen LogP contribution >= 0.6 is 0 Å². The molecule has 0 saturated heterocycles. The van der Waals surface area contributed by atoms with Gasteiger partial charge >= 0.3 is 11.6 Å². The van der Waals surface area contributed by atoms with Gasteiger partial charge in [0.2, 0.25) is 17.3 Å². The number of fused-ring (bicyclic) bond motifs is 3. The van der Waals surface area contributed by atoms with Gasteiger partial charge in [0, 0.05) is 28.0 Å². The van der Waals surface area contributed by atoms with Gasteiger partial charge in [-0.2, -0.15) is 0 Å². The van der Waals surface area contributed by atoms with E-state index in [1.165, 1.54) is 57.7 Å². The topological polar surface area (TPSA) is 118 Å². The van der Waals surface area contributed by atoms with Gasteiger partial charge < -0.3 is 23.4 Å². The molecule has 0 N–H and O–H groups in total. The first-order valence-electron chi connectivity index (χ1n) is 12.0. The molecule has 0 unspecified atom stereocenters. The fourth-order valence-corrected chi connectivity index (χ4v) is 4.37. The van der Waals surface area contributed by atoms with Crippen molar-refractivity contribution in [2.45, 2.75) is 0 Å². The van der Waals surface area contributed by atoms with Crippen molar-refractivity contribution in [1.29, 1.82) is 0 Å². The van der Waals surface area contributed by atoms with Crippen molar-refractivity contribution in [3.63, 3.8) is 0 Å². The first-order chi connectivity index (χ1) is 19.4. The maximum atomic E-state index is 12.8. The minimum absolute atomic E-state index is 0.124. The lowest BCUT2D eigenvalue weighted by Crippen LogP contribution is -2.15. The van der Waals surface area contributed by atoms with E-state index in [1.54, 1.807) is 42.5 Å². The van der Waals surface area contributed by atoms with Crippen LogP contribution in [0.3, 0.4) is 0 Å². The molecule has 0 aliphatic rings. The first kappa shape index (κ1) is 26.2. The minimum atomic E-state index is -0.708. The molecule has 0 fully saturated rings. The molecular formula is C31H22O9. The molecule has 0 radical (unpaired) electrons. The van der Waals surface area contributed by atoms with E-state index in [1.807, 2.05) is 0 Å². The zero-order valence-corrected chi connectivity index (χ0v) is 21.7. The Morgan fingerprint density at radius 2 is 1.27 bits per heavy atom. The summed E-state index contributed by atoms with van der Waals surface area (Å²) in [7, 11) is 4.35. The Hall–Kier alpha value is -5.44. The predicted octanol–water partition coefficient (Wildman–Crippen LogP) is 5.26. The predicted molar refractivity (Wildman–Crippen MR) is 146 cm³/mol. The van der Waals surface area contributed by atoms with Gasteiger partial charge in [0.1, 0.15) is 11.3 Å². The second-order valence-corrected chi connectivity index (χ2v) is 8.61. The largest absolute Gasteiger partial charge is 0.493 e. The normalized spacial score (nSPS) is 10.8. The van der Waals surface area contributed by atoms with E-state index in [4.69, 9.17) is 23.4 Å². The van der Waals surface area contributed by atoms with Gasteiger partial charge in [-0.25, -0.2) is 9.59 Å². The van der Waals surface area contributed by atoms with Crippen molar-refractivity contribution < 1.29 is 37.7 Å². The molecule has 9 nitrogen and oxygen atoms in total. The Labute approximate surface area is 227 Å². The highest BCUT2D eigenvalue weighted by Gasteiger charge is 2.22. The summed E-state index contributed by atoms with van der Waals surface area (Å²) in [6, 6.07) is 19.9. The van der Waals surface area contributed by atoms with Crippen LogP contribution in [0.1, 0.15) is 31.1 Å². The summed E-state index contributed by atoms with van der Waals surface area (Å²) in [4.78, 5) is 50.6. The summed E-state index contributed by atoms with van der Waals surface area (Å²) in [5, 5.41) is 1.21. The molecule has 0 aliphatic carbocycles. The SMILES string of the molecule is COc1cc2c(=O)oc3cc(OC(=O)c4ccc(C(=O)C(=O)c5ccccc5)cc4)ccc3c2c(OC)c1OC. The van der Waals surface area contributed by atoms with Crippen molar-refractivity contribution in [3.05, 3.63) is 106 Å². The third-order valence-corrected chi connectivity index (χ3v) is 6.31. The van der Waals surface area contributed by atoms with E-state index in [0.717, 1.165) is 0 Å². The van der Waals surface area contributed by atoms with Crippen molar-refractivity contribution in [1.82, 2.24) is 0 Å². The Bertz CT molecular complexity index is 1840. The number of benzene rings is 4. The zero-order valence-electron chi connectivity index (χ0n) is 21.7. The molecule has 0 aliphatic heterocycles. The van der Waals surface area contributed by atoms with E-state index in [2.05, 4.69) is 0 Å². The summed E-state index contributed by atoms with van der Waals surface area (Å²) in [6.45, 7) is 0. The molecule has 1 aromatic heterocycles. The third kappa shape index (κ3) is 4.64. The number of methoxy groups -OCH3 is 3. The number of hydrogen-bond donors (Lipinski definition) is 0. The maximum Gasteiger partial charge on any atom is 0.344 e. The Morgan fingerprint density at radius 1 is 0.650 bits per heavy atom. The molecule has 9 heteroatoms. The number of carbonyl (C=O) groups excluding carboxylic acids is 3. The lowest BCUT2D eigenvalue weighted by atomic mass is 10.0. The minimum Gasteiger partial charge on any atom is -0.493 e. The number of rotatable bonds is 8. The summed E-state index contributed by atoms with van der Waals surface area (Å²) >= 11 is 0. The van der Waals surface area contributed by atoms with Crippen LogP contribution in [0, 0.1) is 0 Å². The van der Waals surface area contributed by atoms with Crippen molar-refractivity contribution >= 4 is 39.3 Å². The van der Waals surface area contributed by atoms with Gasteiger partial charge in [-0.05, 0) is 30.3 Å². The highest BCUT2D eigenvalue weighted by Crippen LogP contribution is 2.45. The molecule has 40 heavy (non-hydrogen) atoms. The van der Waals surface area contributed by atoms with E-state index >= 15 is 0 Å². The van der Waals surface area contributed by atoms with E-state index < -0.39 is 23.2 Å². The van der Waals surface area contributed by atoms with E-state index in [0.29, 0.717) is 28.0 Å². The molecule has 4 aromatic carbocycles. The van der Waals surface area contributed by atoms with Crippen molar-refractivity contribution in [3.8, 4) is 23.0 Å². The molecule has 5 aromatic rings. The molecule has 200 valence electrons. The van der Waals surface area contributed by atoms with Gasteiger partial charge in [-0.1, -0.05) is 42.5 Å². The Kier molecular flexibility index (Phi) is 7.03. The fraction of sp³-hybridized carbons (Fsp3) is 0.0968. The Balaban J connectivity index is 1.43.